The lowest BCUT2D eigenvalue weighted by atomic mass is 9.80. The second-order valence-electron chi connectivity index (χ2n) is 14.7. The lowest BCUT2D eigenvalue weighted by Gasteiger charge is -2.38. The molecular formula is C38H51N7O10S2. The zero-order chi connectivity index (χ0) is 42.4. The number of nitrogens with one attached hydrogen (secondary N) is 2. The van der Waals surface area contributed by atoms with Crippen molar-refractivity contribution in [3.63, 3.8) is 0 Å². The number of hydrogen-bond donors (Lipinski definition) is 6. The summed E-state index contributed by atoms with van der Waals surface area (Å²) in [5.41, 5.74) is 6.27. The summed E-state index contributed by atoms with van der Waals surface area (Å²) in [5, 5.41) is 30.4. The van der Waals surface area contributed by atoms with Gasteiger partial charge in [0.25, 0.3) is 17.0 Å². The molecule has 3 aliphatic rings. The van der Waals surface area contributed by atoms with Crippen LogP contribution in [0.15, 0.2) is 69.8 Å². The van der Waals surface area contributed by atoms with Crippen LogP contribution in [0.5, 0.6) is 11.5 Å². The molecule has 0 radical (unpaired) electrons. The van der Waals surface area contributed by atoms with E-state index >= 15 is 0 Å². The molecule has 0 unspecified atom stereocenters. The minimum Gasteiger partial charge on any atom is -0.507 e. The van der Waals surface area contributed by atoms with E-state index in [1.165, 1.54) is 30.9 Å². The molecule has 1 saturated heterocycles. The van der Waals surface area contributed by atoms with Crippen molar-refractivity contribution in [2.45, 2.75) is 103 Å². The molecule has 1 fully saturated rings. The number of aryl methyl sites for hydroxylation is 1. The summed E-state index contributed by atoms with van der Waals surface area (Å²) in [6.45, 7) is 12.2. The van der Waals surface area contributed by atoms with Gasteiger partial charge in [-0.05, 0) is 95.4 Å². The largest absolute Gasteiger partial charge is 0.507 e. The third-order valence-electron chi connectivity index (χ3n) is 9.43. The van der Waals surface area contributed by atoms with Crippen LogP contribution in [0.4, 0.5) is 0 Å². The van der Waals surface area contributed by atoms with Crippen molar-refractivity contribution >= 4 is 57.0 Å². The van der Waals surface area contributed by atoms with Crippen LogP contribution in [0.1, 0.15) is 90.2 Å². The Bertz CT molecular complexity index is 2070. The molecule has 4 rings (SSSR count). The summed E-state index contributed by atoms with van der Waals surface area (Å²) in [7, 11) is -3.57. The normalized spacial score (nSPS) is 20.5. The summed E-state index contributed by atoms with van der Waals surface area (Å²) in [4.78, 5) is 48.7. The highest BCUT2D eigenvalue weighted by Crippen LogP contribution is 2.43. The highest BCUT2D eigenvalue weighted by molar-refractivity contribution is 7.84. The monoisotopic (exact) mass is 829 g/mol. The number of rotatable bonds is 17. The average molecular weight is 830 g/mol. The maximum Gasteiger partial charge on any atom is 0.366 e. The van der Waals surface area contributed by atoms with Gasteiger partial charge in [0, 0.05) is 43.2 Å². The van der Waals surface area contributed by atoms with Crippen molar-refractivity contribution in [2.75, 3.05) is 13.6 Å². The van der Waals surface area contributed by atoms with E-state index in [1.807, 2.05) is 19.9 Å². The summed E-state index contributed by atoms with van der Waals surface area (Å²) >= 11 is 5.68. The number of benzene rings is 1. The number of ether oxygens (including phenoxy) is 1. The van der Waals surface area contributed by atoms with E-state index in [-0.39, 0.29) is 57.4 Å². The van der Waals surface area contributed by atoms with E-state index in [1.54, 1.807) is 13.1 Å². The fourth-order valence-electron chi connectivity index (χ4n) is 6.32. The van der Waals surface area contributed by atoms with E-state index in [4.69, 9.17) is 27.5 Å². The number of amidine groups is 1. The summed E-state index contributed by atoms with van der Waals surface area (Å²) in [6, 6.07) is 1.90. The number of aliphatic imine (C=N–C) groups is 1. The van der Waals surface area contributed by atoms with Crippen molar-refractivity contribution in [3.05, 3.63) is 70.7 Å². The van der Waals surface area contributed by atoms with Crippen LogP contribution in [0.25, 0.3) is 0 Å². The minimum absolute atomic E-state index is 0.0490. The SMILES string of the molecule is C=C(C)N[C@@H]1CCC(C)=C[C@H]1c1c(O)cc(CCCCC)cc1OC(=S)N(C)C/C=C1\[C@H](NC(=O)/C(=N\OC(C)(C)C(=O)O)C2=CCC(N)=N2)C(=O)N1S(=O)(=O)O. The van der Waals surface area contributed by atoms with Crippen molar-refractivity contribution in [1.29, 1.82) is 0 Å². The number of thiocarbonyl (C=S) groups is 1. The molecule has 1 aliphatic carbocycles. The summed E-state index contributed by atoms with van der Waals surface area (Å²) in [6.07, 6.45) is 10.2. The molecule has 0 saturated carbocycles. The number of carbonyl (C=O) groups is 3. The first kappa shape index (κ1) is 44.4. The highest BCUT2D eigenvalue weighted by Gasteiger charge is 2.50. The van der Waals surface area contributed by atoms with Crippen LogP contribution < -0.4 is 21.1 Å². The van der Waals surface area contributed by atoms with Gasteiger partial charge in [-0.15, -0.1) is 0 Å². The van der Waals surface area contributed by atoms with E-state index in [0.717, 1.165) is 48.9 Å². The van der Waals surface area contributed by atoms with Crippen LogP contribution >= 0.6 is 12.2 Å². The number of nitrogens with two attached hydrogens (primary N) is 1. The van der Waals surface area contributed by atoms with Crippen LogP contribution in [-0.4, -0.2) is 98.2 Å². The van der Waals surface area contributed by atoms with Crippen LogP contribution in [0, 0.1) is 0 Å². The third-order valence-corrected chi connectivity index (χ3v) is 10.7. The molecule has 19 heteroatoms. The number of carboxylic acids is 1. The standard InChI is InChI=1S/C38H51N7O10S2/c1-8-9-10-11-23-19-28(46)31(24-18-22(4)12-13-25(24)40-21(2)3)29(20-23)54-37(56)44(7)17-16-27-33(35(48)45(27)57(51,52)53)42-34(47)32(26-14-15-30(39)41-26)43-55-38(5,6)36(49)50/h14,16,18-20,24-25,33,40,46H,2,8-13,15,17H2,1,3-7H3,(H2,39,41)(H,42,47)(H,49,50)(H,51,52,53)/b27-16+,43-32-/t24-,25-,33+/m1/s1. The smallest absolute Gasteiger partial charge is 0.366 e. The van der Waals surface area contributed by atoms with Gasteiger partial charge in [-0.3, -0.25) is 14.1 Å². The molecule has 310 valence electrons. The first-order valence-electron chi connectivity index (χ1n) is 18.4. The number of amides is 2. The number of hydrogen-bond acceptors (Lipinski definition) is 13. The Balaban J connectivity index is 1.63. The predicted octanol–water partition coefficient (Wildman–Crippen LogP) is 3.93. The Morgan fingerprint density at radius 2 is 1.96 bits per heavy atom. The molecule has 2 amide bonds. The highest BCUT2D eigenvalue weighted by atomic mass is 32.2. The van der Waals surface area contributed by atoms with Gasteiger partial charge in [0.2, 0.25) is 5.60 Å². The van der Waals surface area contributed by atoms with Crippen molar-refractivity contribution < 1.29 is 47.1 Å². The number of phenolic OH excluding ortho intramolecular Hbond substituents is 1. The Kier molecular flexibility index (Phi) is 14.3. The van der Waals surface area contributed by atoms with Crippen molar-refractivity contribution in [3.8, 4) is 11.5 Å². The fourth-order valence-corrected chi connectivity index (χ4v) is 7.27. The number of unbranched alkanes of at least 4 members (excludes halogenated alkanes) is 2. The number of aromatic hydroxyl groups is 1. The topological polar surface area (TPSA) is 246 Å². The van der Waals surface area contributed by atoms with Crippen LogP contribution in [0.2, 0.25) is 0 Å². The molecule has 0 aromatic heterocycles. The zero-order valence-electron chi connectivity index (χ0n) is 32.9. The number of nitrogens with zero attached hydrogens (tertiary/aromatic N) is 4. The Morgan fingerprint density at radius 1 is 1.26 bits per heavy atom. The maximum atomic E-state index is 13.5. The fraction of sp³-hybridized carbons (Fsp3) is 0.474. The lowest BCUT2D eigenvalue weighted by Crippen LogP contribution is -2.64. The van der Waals surface area contributed by atoms with Crippen LogP contribution in [0.3, 0.4) is 0 Å². The lowest BCUT2D eigenvalue weighted by molar-refractivity contribution is -0.161. The van der Waals surface area contributed by atoms with Gasteiger partial charge >= 0.3 is 16.3 Å². The van der Waals surface area contributed by atoms with Gasteiger partial charge in [-0.1, -0.05) is 43.1 Å². The predicted molar refractivity (Wildman–Crippen MR) is 218 cm³/mol. The molecule has 57 heavy (non-hydrogen) atoms. The molecular weight excluding hydrogens is 779 g/mol. The van der Waals surface area contributed by atoms with Crippen molar-refractivity contribution in [2.24, 2.45) is 15.9 Å². The van der Waals surface area contributed by atoms with Gasteiger partial charge in [0.15, 0.2) is 11.8 Å². The number of allylic oxidation sites excluding steroid dienone is 2. The first-order valence-corrected chi connectivity index (χ1v) is 20.2. The molecule has 1 aromatic carbocycles. The number of aliphatic carboxylic acids is 1. The second-order valence-corrected chi connectivity index (χ2v) is 16.3. The molecule has 2 aliphatic heterocycles. The Labute approximate surface area is 337 Å². The summed E-state index contributed by atoms with van der Waals surface area (Å²) < 4.78 is 40.9. The van der Waals surface area contributed by atoms with E-state index in [2.05, 4.69) is 40.4 Å². The van der Waals surface area contributed by atoms with E-state index in [0.29, 0.717) is 17.7 Å². The number of oxime groups is 1. The first-order chi connectivity index (χ1) is 26.6. The minimum atomic E-state index is -5.12. The van der Waals surface area contributed by atoms with E-state index < -0.39 is 45.4 Å². The van der Waals surface area contributed by atoms with Crippen LogP contribution in [-0.2, 0) is 35.9 Å². The number of phenols is 1. The van der Waals surface area contributed by atoms with Gasteiger partial charge < -0.3 is 41.1 Å². The molecule has 3 atom stereocenters. The quantitative estimate of drug-likeness (QED) is 0.0248. The molecule has 2 heterocycles. The zero-order valence-corrected chi connectivity index (χ0v) is 34.5. The van der Waals surface area contributed by atoms with Gasteiger partial charge in [-0.2, -0.15) is 12.7 Å². The molecule has 1 aromatic rings. The van der Waals surface area contributed by atoms with Gasteiger partial charge in [-0.25, -0.2) is 9.79 Å². The second kappa shape index (κ2) is 18.3. The number of carbonyl (C=O) groups excluding carboxylic acids is 2. The number of carboxylic acid groups (broad SMARTS) is 1. The Hall–Kier alpha value is -5.27. The molecule has 17 nitrogen and oxygen atoms in total. The number of β-lactam (4-membered cyclic amide) rings is 1. The van der Waals surface area contributed by atoms with E-state index in [9.17, 15) is 37.6 Å². The molecule has 0 bridgehead atoms. The number of likely N-dealkylation sites (N-methyl/N-ethyl adjacent to an activating group) is 1. The maximum absolute atomic E-state index is 13.5. The van der Waals surface area contributed by atoms with Crippen molar-refractivity contribution in [1.82, 2.24) is 19.8 Å². The average Bonchev–Trinajstić information content (AvgIpc) is 3.54. The van der Waals surface area contributed by atoms with Gasteiger partial charge in [0.05, 0.1) is 11.4 Å². The molecule has 7 N–H and O–H groups in total. The Morgan fingerprint density at radius 3 is 2.56 bits per heavy atom. The molecule has 0 spiro atoms. The summed E-state index contributed by atoms with van der Waals surface area (Å²) in [5.74, 6) is -3.44. The third kappa shape index (κ3) is 11.0. The van der Waals surface area contributed by atoms with Gasteiger partial charge in [0.1, 0.15) is 17.3 Å².